The molecule has 0 amide bonds. The highest BCUT2D eigenvalue weighted by atomic mass is 16.5. The fourth-order valence-corrected chi connectivity index (χ4v) is 1.67. The molecule has 6 nitrogen and oxygen atoms in total. The molecule has 0 fully saturated rings. The van der Waals surface area contributed by atoms with Gasteiger partial charge in [-0.3, -0.25) is 9.78 Å². The van der Waals surface area contributed by atoms with E-state index in [1.165, 1.54) is 6.07 Å². The Labute approximate surface area is 110 Å². The topological polar surface area (TPSA) is 77.1 Å². The van der Waals surface area contributed by atoms with E-state index in [0.717, 1.165) is 5.56 Å². The number of hydrogen-bond acceptors (Lipinski definition) is 5. The maximum absolute atomic E-state index is 11.6. The summed E-state index contributed by atoms with van der Waals surface area (Å²) in [6.07, 6.45) is 3.26. The number of nitrogens with zero attached hydrogens (tertiary/aromatic N) is 2. The third-order valence-corrected chi connectivity index (χ3v) is 2.39. The Bertz CT molecular complexity index is 610. The van der Waals surface area contributed by atoms with Gasteiger partial charge in [-0.05, 0) is 13.0 Å². The van der Waals surface area contributed by atoms with Crippen LogP contribution in [0.2, 0.25) is 0 Å². The van der Waals surface area contributed by atoms with Gasteiger partial charge in [-0.15, -0.1) is 0 Å². The summed E-state index contributed by atoms with van der Waals surface area (Å²) < 4.78 is 10.3. The quantitative estimate of drug-likeness (QED) is 0.879. The molecule has 0 spiro atoms. The summed E-state index contributed by atoms with van der Waals surface area (Å²) in [6, 6.07) is 3.22. The molecule has 0 atom stereocenters. The zero-order valence-corrected chi connectivity index (χ0v) is 10.8. The Balaban J connectivity index is 2.40. The van der Waals surface area contributed by atoms with Crippen LogP contribution < -0.4 is 10.3 Å². The number of pyridine rings is 1. The summed E-state index contributed by atoms with van der Waals surface area (Å²) in [4.78, 5) is 22.6. The lowest BCUT2D eigenvalue weighted by Gasteiger charge is -2.06. The maximum atomic E-state index is 11.6. The molecule has 0 aromatic carbocycles. The van der Waals surface area contributed by atoms with Gasteiger partial charge in [0.2, 0.25) is 0 Å². The molecule has 19 heavy (non-hydrogen) atoms. The molecule has 0 aliphatic heterocycles. The van der Waals surface area contributed by atoms with Gasteiger partial charge >= 0.3 is 0 Å². The molecule has 0 unspecified atom stereocenters. The molecule has 0 saturated carbocycles. The average Bonchev–Trinajstić information content (AvgIpc) is 2.39. The molecule has 2 aromatic rings. The maximum Gasteiger partial charge on any atom is 0.251 e. The van der Waals surface area contributed by atoms with Crippen LogP contribution in [0, 0.1) is 0 Å². The molecule has 0 aliphatic rings. The van der Waals surface area contributed by atoms with Gasteiger partial charge in [0.15, 0.2) is 0 Å². The van der Waals surface area contributed by atoms with Crippen molar-refractivity contribution in [2.24, 2.45) is 0 Å². The van der Waals surface area contributed by atoms with E-state index in [9.17, 15) is 4.79 Å². The largest absolute Gasteiger partial charge is 0.492 e. The van der Waals surface area contributed by atoms with Gasteiger partial charge in [0.25, 0.3) is 5.56 Å². The zero-order chi connectivity index (χ0) is 13.7. The summed E-state index contributed by atoms with van der Waals surface area (Å²) in [5, 5.41) is 0. The van der Waals surface area contributed by atoms with Gasteiger partial charge < -0.3 is 14.5 Å². The van der Waals surface area contributed by atoms with E-state index >= 15 is 0 Å². The molecule has 2 rings (SSSR count). The normalized spacial score (nSPS) is 10.4. The zero-order valence-electron chi connectivity index (χ0n) is 10.8. The van der Waals surface area contributed by atoms with Crippen LogP contribution >= 0.6 is 0 Å². The van der Waals surface area contributed by atoms with Crippen molar-refractivity contribution in [3.05, 3.63) is 40.7 Å². The van der Waals surface area contributed by atoms with E-state index in [-0.39, 0.29) is 12.2 Å². The van der Waals surface area contributed by atoms with E-state index in [2.05, 4.69) is 15.0 Å². The van der Waals surface area contributed by atoms with E-state index in [1.54, 1.807) is 25.6 Å². The van der Waals surface area contributed by atoms with E-state index in [1.807, 2.05) is 6.92 Å². The van der Waals surface area contributed by atoms with E-state index in [4.69, 9.17) is 9.47 Å². The van der Waals surface area contributed by atoms with Crippen LogP contribution in [-0.2, 0) is 11.3 Å². The standard InChI is InChI=1S/C13H15N3O3/c1-3-19-10-4-9(6-14-7-10)11-5-13(17)16-12(15-11)8-18-2/h4-7H,3,8H2,1-2H3,(H,15,16,17). The van der Waals surface area contributed by atoms with Crippen molar-refractivity contribution in [3.8, 4) is 17.0 Å². The Hall–Kier alpha value is -2.21. The summed E-state index contributed by atoms with van der Waals surface area (Å²) in [7, 11) is 1.55. The lowest BCUT2D eigenvalue weighted by Crippen LogP contribution is -2.11. The highest BCUT2D eigenvalue weighted by Gasteiger charge is 2.06. The highest BCUT2D eigenvalue weighted by Crippen LogP contribution is 2.19. The van der Waals surface area contributed by atoms with Crippen molar-refractivity contribution in [2.75, 3.05) is 13.7 Å². The minimum Gasteiger partial charge on any atom is -0.492 e. The Morgan fingerprint density at radius 2 is 2.16 bits per heavy atom. The van der Waals surface area contributed by atoms with E-state index < -0.39 is 0 Å². The number of ether oxygens (including phenoxy) is 2. The van der Waals surface area contributed by atoms with Crippen LogP contribution in [0.4, 0.5) is 0 Å². The van der Waals surface area contributed by atoms with Crippen molar-refractivity contribution in [1.29, 1.82) is 0 Å². The van der Waals surface area contributed by atoms with Gasteiger partial charge in [-0.25, -0.2) is 4.98 Å². The van der Waals surface area contributed by atoms with Crippen molar-refractivity contribution in [3.63, 3.8) is 0 Å². The Morgan fingerprint density at radius 3 is 2.89 bits per heavy atom. The second-order valence-electron chi connectivity index (χ2n) is 3.85. The molecule has 0 aliphatic carbocycles. The molecule has 100 valence electrons. The number of methoxy groups -OCH3 is 1. The van der Waals surface area contributed by atoms with Gasteiger partial charge in [-0.1, -0.05) is 0 Å². The number of nitrogens with one attached hydrogen (secondary N) is 1. The first-order valence-electron chi connectivity index (χ1n) is 5.90. The summed E-state index contributed by atoms with van der Waals surface area (Å²) in [5.74, 6) is 1.13. The van der Waals surface area contributed by atoms with Crippen molar-refractivity contribution >= 4 is 0 Å². The number of H-pyrrole nitrogens is 1. The minimum absolute atomic E-state index is 0.223. The predicted molar refractivity (Wildman–Crippen MR) is 70.0 cm³/mol. The number of aromatic amines is 1. The first-order valence-corrected chi connectivity index (χ1v) is 5.90. The number of aromatic nitrogens is 3. The molecule has 6 heteroatoms. The second kappa shape index (κ2) is 6.10. The van der Waals surface area contributed by atoms with Crippen LogP contribution in [-0.4, -0.2) is 28.7 Å². The summed E-state index contributed by atoms with van der Waals surface area (Å²) >= 11 is 0. The van der Waals surface area contributed by atoms with Gasteiger partial charge in [-0.2, -0.15) is 0 Å². The minimum atomic E-state index is -0.223. The SMILES string of the molecule is CCOc1cncc(-c2cc(=O)[nH]c(COC)n2)c1. The number of hydrogen-bond donors (Lipinski definition) is 1. The van der Waals surface area contributed by atoms with Crippen molar-refractivity contribution in [1.82, 2.24) is 15.0 Å². The first-order chi connectivity index (χ1) is 9.22. The molecule has 0 radical (unpaired) electrons. The third kappa shape index (κ3) is 3.38. The van der Waals surface area contributed by atoms with Crippen LogP contribution in [0.15, 0.2) is 29.3 Å². The Morgan fingerprint density at radius 1 is 1.32 bits per heavy atom. The predicted octanol–water partition coefficient (Wildman–Crippen LogP) is 1.38. The average molecular weight is 261 g/mol. The lowest BCUT2D eigenvalue weighted by atomic mass is 10.2. The van der Waals surface area contributed by atoms with Crippen LogP contribution in [0.1, 0.15) is 12.7 Å². The van der Waals surface area contributed by atoms with Gasteiger partial charge in [0, 0.05) is 24.9 Å². The van der Waals surface area contributed by atoms with E-state index in [0.29, 0.717) is 23.9 Å². The monoisotopic (exact) mass is 261 g/mol. The van der Waals surface area contributed by atoms with Gasteiger partial charge in [0.1, 0.15) is 18.2 Å². The third-order valence-electron chi connectivity index (χ3n) is 2.39. The first kappa shape index (κ1) is 13.2. The van der Waals surface area contributed by atoms with Crippen molar-refractivity contribution in [2.45, 2.75) is 13.5 Å². The lowest BCUT2D eigenvalue weighted by molar-refractivity contribution is 0.177. The molecule has 1 N–H and O–H groups in total. The molecular formula is C13H15N3O3. The van der Waals surface area contributed by atoms with Gasteiger partial charge in [0.05, 0.1) is 18.5 Å². The molecule has 2 aromatic heterocycles. The van der Waals surface area contributed by atoms with Crippen LogP contribution in [0.3, 0.4) is 0 Å². The highest BCUT2D eigenvalue weighted by molar-refractivity contribution is 5.59. The molecule has 2 heterocycles. The fraction of sp³-hybridized carbons (Fsp3) is 0.308. The molecule has 0 saturated heterocycles. The Kier molecular flexibility index (Phi) is 4.25. The van der Waals surface area contributed by atoms with Crippen LogP contribution in [0.25, 0.3) is 11.3 Å². The van der Waals surface area contributed by atoms with Crippen LogP contribution in [0.5, 0.6) is 5.75 Å². The summed E-state index contributed by atoms with van der Waals surface area (Å²) in [6.45, 7) is 2.71. The van der Waals surface area contributed by atoms with Crippen molar-refractivity contribution < 1.29 is 9.47 Å². The number of rotatable bonds is 5. The fourth-order valence-electron chi connectivity index (χ4n) is 1.67. The molecular weight excluding hydrogens is 246 g/mol. The smallest absolute Gasteiger partial charge is 0.251 e. The second-order valence-corrected chi connectivity index (χ2v) is 3.85. The molecule has 0 bridgehead atoms. The summed E-state index contributed by atoms with van der Waals surface area (Å²) in [5.41, 5.74) is 1.05.